The highest BCUT2D eigenvalue weighted by atomic mass is 32.2. The van der Waals surface area contributed by atoms with Gasteiger partial charge in [-0.3, -0.25) is 4.79 Å². The van der Waals surface area contributed by atoms with Crippen molar-refractivity contribution in [3.05, 3.63) is 69.7 Å². The van der Waals surface area contributed by atoms with E-state index in [1.165, 1.54) is 18.1 Å². The predicted molar refractivity (Wildman–Crippen MR) is 84.8 cm³/mol. The summed E-state index contributed by atoms with van der Waals surface area (Å²) in [5, 5.41) is 17.2. The van der Waals surface area contributed by atoms with E-state index in [1.807, 2.05) is 36.4 Å². The second-order valence-electron chi connectivity index (χ2n) is 4.69. The fourth-order valence-electron chi connectivity index (χ4n) is 2.04. The molecule has 3 aromatic rings. The predicted octanol–water partition coefficient (Wildman–Crippen LogP) is 1.64. The van der Waals surface area contributed by atoms with Gasteiger partial charge in [0.25, 0.3) is 5.56 Å². The summed E-state index contributed by atoms with van der Waals surface area (Å²) >= 11 is 1.33. The minimum Gasteiger partial charge on any atom is -0.331 e. The first-order valence-electron chi connectivity index (χ1n) is 6.81. The summed E-state index contributed by atoms with van der Waals surface area (Å²) in [7, 11) is 0. The highest BCUT2D eigenvalue weighted by Crippen LogP contribution is 2.18. The Morgan fingerprint density at radius 2 is 2.09 bits per heavy atom. The third kappa shape index (κ3) is 3.64. The van der Waals surface area contributed by atoms with Crippen LogP contribution < -0.4 is 5.56 Å². The first-order chi connectivity index (χ1) is 11.3. The van der Waals surface area contributed by atoms with E-state index in [9.17, 15) is 10.1 Å². The molecule has 0 atom stereocenters. The van der Waals surface area contributed by atoms with E-state index in [4.69, 9.17) is 0 Å². The summed E-state index contributed by atoms with van der Waals surface area (Å²) in [6.45, 7) is 0. The normalized spacial score (nSPS) is 10.4. The summed E-state index contributed by atoms with van der Waals surface area (Å²) in [6, 6.07) is 11.5. The molecule has 0 bridgehead atoms. The molecular weight excluding hydrogens is 312 g/mol. The quantitative estimate of drug-likeness (QED) is 0.545. The van der Waals surface area contributed by atoms with Gasteiger partial charge in [-0.25, -0.2) is 4.98 Å². The van der Waals surface area contributed by atoms with Gasteiger partial charge in [-0.05, 0) is 5.56 Å². The van der Waals surface area contributed by atoms with Crippen LogP contribution in [0.1, 0.15) is 22.6 Å². The minimum absolute atomic E-state index is 0.0536. The van der Waals surface area contributed by atoms with Crippen molar-refractivity contribution in [3.63, 3.8) is 0 Å². The highest BCUT2D eigenvalue weighted by molar-refractivity contribution is 7.98. The number of H-pyrrole nitrogens is 2. The number of hydrogen-bond acceptors (Lipinski definition) is 6. The average Bonchev–Trinajstić information content (AvgIpc) is 3.07. The zero-order valence-corrected chi connectivity index (χ0v) is 12.8. The fraction of sp³-hybridized carbons (Fsp3) is 0.133. The van der Waals surface area contributed by atoms with Gasteiger partial charge in [0, 0.05) is 6.42 Å². The lowest BCUT2D eigenvalue weighted by Gasteiger charge is -2.06. The van der Waals surface area contributed by atoms with E-state index in [1.54, 1.807) is 0 Å². The Hall–Kier alpha value is -2.92. The molecule has 114 valence electrons. The molecule has 23 heavy (non-hydrogen) atoms. The molecular formula is C15H12N6OS. The number of nitriles is 1. The van der Waals surface area contributed by atoms with Crippen molar-refractivity contribution >= 4 is 11.8 Å². The Balaban J connectivity index is 1.87. The van der Waals surface area contributed by atoms with Crippen molar-refractivity contribution in [1.82, 2.24) is 25.1 Å². The molecule has 2 aromatic heterocycles. The molecule has 0 aliphatic heterocycles. The van der Waals surface area contributed by atoms with Crippen LogP contribution >= 0.6 is 11.8 Å². The molecule has 2 heterocycles. The highest BCUT2D eigenvalue weighted by Gasteiger charge is 2.12. The molecule has 7 nitrogen and oxygen atoms in total. The largest absolute Gasteiger partial charge is 0.331 e. The zero-order chi connectivity index (χ0) is 16.1. The lowest BCUT2D eigenvalue weighted by Crippen LogP contribution is -2.17. The average molecular weight is 324 g/mol. The molecule has 0 saturated heterocycles. The van der Waals surface area contributed by atoms with E-state index in [0.717, 1.165) is 5.56 Å². The van der Waals surface area contributed by atoms with Crippen LogP contribution in [0.25, 0.3) is 0 Å². The molecule has 8 heteroatoms. The van der Waals surface area contributed by atoms with Crippen LogP contribution in [-0.4, -0.2) is 25.1 Å². The number of aromatic amines is 2. The first kappa shape index (κ1) is 15.0. The number of hydrogen-bond donors (Lipinski definition) is 2. The van der Waals surface area contributed by atoms with Crippen LogP contribution in [0.15, 0.2) is 46.6 Å². The van der Waals surface area contributed by atoms with Crippen molar-refractivity contribution in [1.29, 1.82) is 5.26 Å². The molecule has 0 spiro atoms. The molecule has 0 unspecified atom stereocenters. The SMILES string of the molecule is N#Cc1c(Cc2ccccc2)nc(SCc2nnc[nH]2)[nH]c1=O. The van der Waals surface area contributed by atoms with Gasteiger partial charge in [0.2, 0.25) is 0 Å². The Morgan fingerprint density at radius 3 is 2.78 bits per heavy atom. The van der Waals surface area contributed by atoms with Gasteiger partial charge in [0.05, 0.1) is 11.4 Å². The maximum Gasteiger partial charge on any atom is 0.269 e. The summed E-state index contributed by atoms with van der Waals surface area (Å²) in [5.74, 6) is 1.19. The number of thioether (sulfide) groups is 1. The Bertz CT molecular complexity index is 883. The number of benzene rings is 1. The topological polar surface area (TPSA) is 111 Å². The second kappa shape index (κ2) is 6.89. The summed E-state index contributed by atoms with van der Waals surface area (Å²) in [4.78, 5) is 22.0. The number of aromatic nitrogens is 5. The maximum atomic E-state index is 12.1. The van der Waals surface area contributed by atoms with Crippen molar-refractivity contribution in [2.24, 2.45) is 0 Å². The standard InChI is InChI=1S/C15H12N6OS/c16-7-11-12(6-10-4-2-1-3-5-10)19-15(20-14(11)22)23-8-13-17-9-18-21-13/h1-5,9H,6,8H2,(H,17,18,21)(H,19,20,22). The van der Waals surface area contributed by atoms with Crippen molar-refractivity contribution in [2.75, 3.05) is 0 Å². The Kier molecular flexibility index (Phi) is 4.49. The maximum absolute atomic E-state index is 12.1. The smallest absolute Gasteiger partial charge is 0.269 e. The fourth-order valence-corrected chi connectivity index (χ4v) is 2.79. The monoisotopic (exact) mass is 324 g/mol. The third-order valence-electron chi connectivity index (χ3n) is 3.11. The van der Waals surface area contributed by atoms with E-state index in [2.05, 4.69) is 25.1 Å². The summed E-state index contributed by atoms with van der Waals surface area (Å²) in [6.07, 6.45) is 1.93. The molecule has 1 aromatic carbocycles. The molecule has 0 fully saturated rings. The first-order valence-corrected chi connectivity index (χ1v) is 7.80. The molecule has 0 radical (unpaired) electrons. The van der Waals surface area contributed by atoms with Crippen LogP contribution in [0, 0.1) is 11.3 Å². The van der Waals surface area contributed by atoms with Gasteiger partial charge < -0.3 is 9.97 Å². The van der Waals surface area contributed by atoms with Crippen molar-refractivity contribution in [3.8, 4) is 6.07 Å². The molecule has 2 N–H and O–H groups in total. The van der Waals surface area contributed by atoms with Gasteiger partial charge >= 0.3 is 0 Å². The van der Waals surface area contributed by atoms with Crippen molar-refractivity contribution in [2.45, 2.75) is 17.3 Å². The van der Waals surface area contributed by atoms with E-state index in [0.29, 0.717) is 28.8 Å². The number of nitrogens with one attached hydrogen (secondary N) is 2. The van der Waals surface area contributed by atoms with Gasteiger partial charge in [0.15, 0.2) is 5.16 Å². The number of nitrogens with zero attached hydrogens (tertiary/aromatic N) is 4. The van der Waals surface area contributed by atoms with Crippen LogP contribution in [0.2, 0.25) is 0 Å². The lowest BCUT2D eigenvalue weighted by molar-refractivity contribution is 0.869. The third-order valence-corrected chi connectivity index (χ3v) is 4.00. The van der Waals surface area contributed by atoms with E-state index in [-0.39, 0.29) is 5.56 Å². The number of rotatable bonds is 5. The molecule has 3 rings (SSSR count). The van der Waals surface area contributed by atoms with Crippen molar-refractivity contribution < 1.29 is 0 Å². The molecule has 0 aliphatic rings. The molecule has 0 amide bonds. The van der Waals surface area contributed by atoms with Gasteiger partial charge in [-0.1, -0.05) is 42.1 Å². The van der Waals surface area contributed by atoms with E-state index >= 15 is 0 Å². The minimum atomic E-state index is -0.423. The lowest BCUT2D eigenvalue weighted by atomic mass is 10.1. The molecule has 0 saturated carbocycles. The zero-order valence-electron chi connectivity index (χ0n) is 12.0. The second-order valence-corrected chi connectivity index (χ2v) is 5.66. The van der Waals surface area contributed by atoms with Crippen LogP contribution in [0.3, 0.4) is 0 Å². The van der Waals surface area contributed by atoms with E-state index < -0.39 is 5.56 Å². The Morgan fingerprint density at radius 1 is 1.26 bits per heavy atom. The summed E-state index contributed by atoms with van der Waals surface area (Å²) in [5.41, 5.74) is 1.10. The van der Waals surface area contributed by atoms with Gasteiger partial charge in [-0.15, -0.1) is 10.2 Å². The Labute approximate surface area is 135 Å². The van der Waals surface area contributed by atoms with Gasteiger partial charge in [-0.2, -0.15) is 5.26 Å². The van der Waals surface area contributed by atoms with Crippen LogP contribution in [0.5, 0.6) is 0 Å². The van der Waals surface area contributed by atoms with Gasteiger partial charge in [0.1, 0.15) is 23.8 Å². The molecule has 0 aliphatic carbocycles. The van der Waals surface area contributed by atoms with Crippen LogP contribution in [0.4, 0.5) is 0 Å². The van der Waals surface area contributed by atoms with Crippen LogP contribution in [-0.2, 0) is 12.2 Å². The summed E-state index contributed by atoms with van der Waals surface area (Å²) < 4.78 is 0.